The Balaban J connectivity index is 1.51. The molecule has 0 atom stereocenters. The Kier molecular flexibility index (Phi) is 4.14. The molecular formula is C36H30BNO2S. The van der Waals surface area contributed by atoms with Crippen LogP contribution in [0.5, 0.6) is 0 Å². The zero-order valence-corrected chi connectivity index (χ0v) is 24.0. The molecule has 7 aromatic rings. The number of thiophene rings is 1. The van der Waals surface area contributed by atoms with Crippen molar-refractivity contribution in [3.63, 3.8) is 0 Å². The molecule has 0 aliphatic carbocycles. The van der Waals surface area contributed by atoms with E-state index in [9.17, 15) is 0 Å². The van der Waals surface area contributed by atoms with Gasteiger partial charge in [0.1, 0.15) is 0 Å². The van der Waals surface area contributed by atoms with Crippen molar-refractivity contribution >= 4 is 65.9 Å². The Morgan fingerprint density at radius 3 is 2.07 bits per heavy atom. The van der Waals surface area contributed by atoms with E-state index in [1.165, 1.54) is 22.2 Å². The van der Waals surface area contributed by atoms with Gasteiger partial charge in [-0.05, 0) is 63.0 Å². The molecule has 0 spiro atoms. The van der Waals surface area contributed by atoms with Crippen LogP contribution in [-0.4, -0.2) is 22.9 Å². The number of benzene rings is 5. The van der Waals surface area contributed by atoms with E-state index in [1.54, 1.807) is 15.9 Å². The molecule has 200 valence electrons. The molecule has 1 aliphatic rings. The molecule has 0 N–H and O–H groups in total. The first-order chi connectivity index (χ1) is 22.3. The van der Waals surface area contributed by atoms with Crippen molar-refractivity contribution in [2.24, 2.45) is 0 Å². The van der Waals surface area contributed by atoms with Crippen LogP contribution < -0.4 is 5.46 Å². The molecule has 0 radical (unpaired) electrons. The molecular weight excluding hydrogens is 521 g/mol. The molecule has 1 fully saturated rings. The highest BCUT2D eigenvalue weighted by molar-refractivity contribution is 7.26. The van der Waals surface area contributed by atoms with Crippen molar-refractivity contribution < 1.29 is 17.5 Å². The smallest absolute Gasteiger partial charge is 0.399 e. The highest BCUT2D eigenvalue weighted by Gasteiger charge is 2.52. The number of rotatable bonds is 3. The number of hydrogen-bond donors (Lipinski definition) is 0. The molecule has 3 heterocycles. The third-order valence-corrected chi connectivity index (χ3v) is 9.84. The molecule has 5 aromatic carbocycles. The molecule has 0 saturated carbocycles. The lowest BCUT2D eigenvalue weighted by molar-refractivity contribution is 0.00578. The van der Waals surface area contributed by atoms with Gasteiger partial charge in [-0.2, -0.15) is 0 Å². The van der Waals surface area contributed by atoms with Crippen LogP contribution in [0.2, 0.25) is 0 Å². The van der Waals surface area contributed by atoms with Crippen molar-refractivity contribution in [1.82, 2.24) is 4.57 Å². The largest absolute Gasteiger partial charge is 0.496 e. The van der Waals surface area contributed by atoms with Crippen LogP contribution in [-0.2, 0) is 9.31 Å². The van der Waals surface area contributed by atoms with E-state index in [2.05, 4.69) is 24.3 Å². The third-order valence-electron chi connectivity index (χ3n) is 8.62. The fraction of sp³-hybridized carbons (Fsp3) is 0.167. The van der Waals surface area contributed by atoms with E-state index in [0.717, 1.165) is 21.2 Å². The highest BCUT2D eigenvalue weighted by Crippen LogP contribution is 2.42. The van der Waals surface area contributed by atoms with Crippen LogP contribution in [0.25, 0.3) is 58.8 Å². The first-order valence-electron chi connectivity index (χ1n) is 16.7. The fourth-order valence-electron chi connectivity index (χ4n) is 5.80. The van der Waals surface area contributed by atoms with E-state index in [4.69, 9.17) is 17.5 Å². The third kappa shape index (κ3) is 3.66. The second kappa shape index (κ2) is 8.80. The van der Waals surface area contributed by atoms with Crippen LogP contribution in [0.15, 0.2) is 109 Å². The Morgan fingerprint density at radius 2 is 1.37 bits per heavy atom. The van der Waals surface area contributed by atoms with Gasteiger partial charge < -0.3 is 13.9 Å². The van der Waals surface area contributed by atoms with Gasteiger partial charge in [-0.25, -0.2) is 0 Å². The topological polar surface area (TPSA) is 23.4 Å². The van der Waals surface area contributed by atoms with Gasteiger partial charge in [0, 0.05) is 42.1 Å². The lowest BCUT2D eigenvalue weighted by atomic mass is 9.76. The summed E-state index contributed by atoms with van der Waals surface area (Å²) in [7, 11) is -0.795. The first-order valence-corrected chi connectivity index (χ1v) is 14.5. The summed E-state index contributed by atoms with van der Waals surface area (Å²) >= 11 is 1.73. The van der Waals surface area contributed by atoms with Crippen molar-refractivity contribution in [3.05, 3.63) is 109 Å². The number of hydrogen-bond acceptors (Lipinski definition) is 3. The van der Waals surface area contributed by atoms with Gasteiger partial charge in [0.05, 0.1) is 30.5 Å². The second-order valence-electron chi connectivity index (χ2n) is 11.5. The summed E-state index contributed by atoms with van der Waals surface area (Å²) in [6.07, 6.45) is 0. The Morgan fingerprint density at radius 1 is 0.707 bits per heavy atom. The van der Waals surface area contributed by atoms with E-state index < -0.39 is 18.3 Å². The molecule has 41 heavy (non-hydrogen) atoms. The molecule has 0 bridgehead atoms. The van der Waals surface area contributed by atoms with Crippen molar-refractivity contribution in [2.45, 2.75) is 38.9 Å². The van der Waals surface area contributed by atoms with Gasteiger partial charge >= 0.3 is 7.12 Å². The molecule has 0 amide bonds. The Hall–Kier alpha value is -3.90. The van der Waals surface area contributed by atoms with Gasteiger partial charge in [0.2, 0.25) is 0 Å². The van der Waals surface area contributed by atoms with Crippen LogP contribution in [0.1, 0.15) is 35.9 Å². The molecule has 3 nitrogen and oxygen atoms in total. The monoisotopic (exact) mass is 557 g/mol. The molecule has 1 aliphatic heterocycles. The molecule has 8 rings (SSSR count). The summed E-state index contributed by atoms with van der Waals surface area (Å²) in [5, 5.41) is 2.76. The van der Waals surface area contributed by atoms with Crippen LogP contribution >= 0.6 is 11.3 Å². The van der Waals surface area contributed by atoms with Crippen LogP contribution in [0.3, 0.4) is 0 Å². The summed E-state index contributed by atoms with van der Waals surface area (Å²) < 4.78 is 69.9. The minimum Gasteiger partial charge on any atom is -0.399 e. The number of fused-ring (bicyclic) bond motifs is 6. The second-order valence-corrected chi connectivity index (χ2v) is 12.6. The summed E-state index contributed by atoms with van der Waals surface area (Å²) in [6, 6.07) is 22.6. The van der Waals surface area contributed by atoms with Gasteiger partial charge in [-0.3, -0.25) is 0 Å². The van der Waals surface area contributed by atoms with Crippen molar-refractivity contribution in [1.29, 1.82) is 0 Å². The van der Waals surface area contributed by atoms with Crippen molar-refractivity contribution in [3.8, 4) is 16.8 Å². The zero-order valence-electron chi connectivity index (χ0n) is 29.2. The lowest BCUT2D eigenvalue weighted by Gasteiger charge is -2.32. The Labute approximate surface area is 252 Å². The van der Waals surface area contributed by atoms with Gasteiger partial charge in [-0.1, -0.05) is 84.8 Å². The maximum Gasteiger partial charge on any atom is 0.496 e. The summed E-state index contributed by atoms with van der Waals surface area (Å²) in [6.45, 7) is 7.94. The van der Waals surface area contributed by atoms with E-state index >= 15 is 0 Å². The Bertz CT molecular complexity index is 2380. The number of para-hydroxylation sites is 2. The number of nitrogens with zero attached hydrogens (tertiary/aromatic N) is 1. The summed E-state index contributed by atoms with van der Waals surface area (Å²) in [5.41, 5.74) is 2.48. The average Bonchev–Trinajstić information content (AvgIpc) is 3.65. The minimum atomic E-state index is -0.795. The molecule has 1 saturated heterocycles. The van der Waals surface area contributed by atoms with E-state index in [1.807, 2.05) is 64.1 Å². The average molecular weight is 558 g/mol. The fourth-order valence-corrected chi connectivity index (χ4v) is 7.04. The summed E-state index contributed by atoms with van der Waals surface area (Å²) in [5.74, 6) is 0. The van der Waals surface area contributed by atoms with Crippen LogP contribution in [0.4, 0.5) is 0 Å². The normalized spacial score (nSPS) is 18.5. The lowest BCUT2D eigenvalue weighted by Crippen LogP contribution is -2.41. The molecule has 0 unspecified atom stereocenters. The van der Waals surface area contributed by atoms with Gasteiger partial charge in [0.25, 0.3) is 0 Å². The van der Waals surface area contributed by atoms with Gasteiger partial charge in [0.15, 0.2) is 0 Å². The summed E-state index contributed by atoms with van der Waals surface area (Å²) in [4.78, 5) is 0. The SMILES string of the molecule is [2H]c1cc([2H])c2c(c1[2H])c1c([2H])c([2H])cc([2H])c1n2-c1cc(-c2cccc3c2sc2ccccc23)ccc1B1OC(C)(C)C(C)(C)O1. The highest BCUT2D eigenvalue weighted by atomic mass is 32.1. The minimum absolute atomic E-state index is 0.0144. The predicted molar refractivity (Wildman–Crippen MR) is 175 cm³/mol. The number of aromatic nitrogens is 1. The quantitative estimate of drug-likeness (QED) is 0.202. The standard InChI is InChI=1S/C36H30BNO2S/c1-35(2)36(3,4)40-37(39-35)29-21-20-23(24-15-11-16-28-27-14-7-10-19-33(27)41-34(24)28)22-32(29)38-30-17-8-5-12-25(30)26-13-6-9-18-31(26)38/h5-22H,1-4H3/i5D,6D,12D,13D,17D,18D. The maximum absolute atomic E-state index is 9.06. The van der Waals surface area contributed by atoms with E-state index in [0.29, 0.717) is 22.2 Å². The maximum atomic E-state index is 9.06. The molecule has 5 heteroatoms. The van der Waals surface area contributed by atoms with Crippen molar-refractivity contribution in [2.75, 3.05) is 0 Å². The molecule has 2 aromatic heterocycles. The zero-order chi connectivity index (χ0) is 33.2. The predicted octanol–water partition coefficient (Wildman–Crippen LogP) is 9.12. The van der Waals surface area contributed by atoms with Gasteiger partial charge in [-0.15, -0.1) is 11.3 Å². The van der Waals surface area contributed by atoms with Crippen LogP contribution in [0, 0.1) is 0 Å². The first kappa shape index (κ1) is 19.3. The van der Waals surface area contributed by atoms with E-state index in [-0.39, 0.29) is 47.0 Å².